The highest BCUT2D eigenvalue weighted by Crippen LogP contribution is 2.24. The van der Waals surface area contributed by atoms with Crippen LogP contribution in [0.3, 0.4) is 0 Å². The number of carbonyl (C=O) groups excluding carboxylic acids is 1. The maximum atomic E-state index is 12.1. The summed E-state index contributed by atoms with van der Waals surface area (Å²) in [6.45, 7) is 6.69. The van der Waals surface area contributed by atoms with Crippen LogP contribution in [0.15, 0.2) is 0 Å². The second-order valence-electron chi connectivity index (χ2n) is 6.29. The molecule has 0 spiro atoms. The fraction of sp³-hybridized carbons (Fsp3) is 0.929. The van der Waals surface area contributed by atoms with Gasteiger partial charge in [-0.2, -0.15) is 0 Å². The predicted octanol–water partition coefficient (Wildman–Crippen LogP) is 2.14. The zero-order valence-corrected chi connectivity index (χ0v) is 13.2. The number of hydrogen-bond acceptors (Lipinski definition) is 3. The molecule has 19 heavy (non-hydrogen) atoms. The number of unbranched alkanes of at least 4 members (excludes halogenated alkanes) is 1. The van der Waals surface area contributed by atoms with Crippen LogP contribution in [-0.4, -0.2) is 32.4 Å². The summed E-state index contributed by atoms with van der Waals surface area (Å²) in [5.74, 6) is 0.948. The second-order valence-corrected chi connectivity index (χ2v) is 8.60. The normalized spacial score (nSPS) is 20.2. The summed E-state index contributed by atoms with van der Waals surface area (Å²) in [6.07, 6.45) is 4.41. The van der Waals surface area contributed by atoms with E-state index < -0.39 is 9.84 Å². The van der Waals surface area contributed by atoms with Crippen molar-refractivity contribution in [3.8, 4) is 0 Å². The minimum Gasteiger partial charge on any atom is -0.355 e. The van der Waals surface area contributed by atoms with E-state index in [-0.39, 0.29) is 22.8 Å². The predicted molar refractivity (Wildman–Crippen MR) is 77.7 cm³/mol. The summed E-state index contributed by atoms with van der Waals surface area (Å²) < 4.78 is 22.6. The zero-order valence-electron chi connectivity index (χ0n) is 12.4. The Bertz CT molecular complexity index is 387. The molecule has 0 aromatic carbocycles. The molecule has 0 bridgehead atoms. The molecule has 1 fully saturated rings. The molecule has 0 unspecified atom stereocenters. The molecule has 0 aromatic rings. The van der Waals surface area contributed by atoms with Crippen molar-refractivity contribution in [2.45, 2.75) is 52.9 Å². The van der Waals surface area contributed by atoms with Gasteiger partial charge in [0.15, 0.2) is 0 Å². The van der Waals surface area contributed by atoms with E-state index in [0.29, 0.717) is 25.3 Å². The molecule has 1 aliphatic rings. The van der Waals surface area contributed by atoms with E-state index in [1.165, 1.54) is 0 Å². The highest BCUT2D eigenvalue weighted by molar-refractivity contribution is 7.91. The Morgan fingerprint density at radius 1 is 1.26 bits per heavy atom. The van der Waals surface area contributed by atoms with Crippen LogP contribution in [0, 0.1) is 11.3 Å². The average molecular weight is 289 g/mol. The molecule has 1 aliphatic heterocycles. The van der Waals surface area contributed by atoms with Crippen LogP contribution < -0.4 is 5.32 Å². The smallest absolute Gasteiger partial charge is 0.225 e. The molecule has 4 nitrogen and oxygen atoms in total. The topological polar surface area (TPSA) is 63.2 Å². The maximum absolute atomic E-state index is 12.1. The Hall–Kier alpha value is -0.580. The van der Waals surface area contributed by atoms with Crippen molar-refractivity contribution in [1.29, 1.82) is 0 Å². The lowest BCUT2D eigenvalue weighted by Gasteiger charge is -2.27. The van der Waals surface area contributed by atoms with Crippen molar-refractivity contribution in [2.24, 2.45) is 11.3 Å². The highest BCUT2D eigenvalue weighted by Gasteiger charge is 2.28. The van der Waals surface area contributed by atoms with Gasteiger partial charge < -0.3 is 5.32 Å². The van der Waals surface area contributed by atoms with E-state index in [1.807, 2.05) is 13.8 Å². The van der Waals surface area contributed by atoms with Gasteiger partial charge in [0.2, 0.25) is 5.91 Å². The summed E-state index contributed by atoms with van der Waals surface area (Å²) >= 11 is 0. The van der Waals surface area contributed by atoms with E-state index in [2.05, 4.69) is 12.2 Å². The lowest BCUT2D eigenvalue weighted by molar-refractivity contribution is -0.129. The van der Waals surface area contributed by atoms with Crippen LogP contribution in [0.2, 0.25) is 0 Å². The fourth-order valence-electron chi connectivity index (χ4n) is 2.35. The standard InChI is InChI=1S/C14H27NO3S/c1-4-5-8-14(2,3)13(16)15-11-12-6-9-19(17,18)10-7-12/h12H,4-11H2,1-3H3,(H,15,16). The first-order valence-corrected chi connectivity index (χ1v) is 9.08. The molecule has 112 valence electrons. The molecule has 0 atom stereocenters. The molecular formula is C14H27NO3S. The lowest BCUT2D eigenvalue weighted by Crippen LogP contribution is -2.40. The first kappa shape index (κ1) is 16.5. The largest absolute Gasteiger partial charge is 0.355 e. The van der Waals surface area contributed by atoms with Crippen molar-refractivity contribution in [3.63, 3.8) is 0 Å². The van der Waals surface area contributed by atoms with Gasteiger partial charge in [-0.1, -0.05) is 33.6 Å². The lowest BCUT2D eigenvalue weighted by atomic mass is 9.86. The molecule has 1 amide bonds. The number of carbonyl (C=O) groups is 1. The van der Waals surface area contributed by atoms with Gasteiger partial charge in [-0.05, 0) is 25.2 Å². The summed E-state index contributed by atoms with van der Waals surface area (Å²) in [5.41, 5.74) is -0.323. The molecule has 0 radical (unpaired) electrons. The first-order chi connectivity index (χ1) is 8.77. The fourth-order valence-corrected chi connectivity index (χ4v) is 3.94. The van der Waals surface area contributed by atoms with E-state index in [4.69, 9.17) is 0 Å². The van der Waals surface area contributed by atoms with Crippen LogP contribution in [0.1, 0.15) is 52.9 Å². The van der Waals surface area contributed by atoms with Crippen LogP contribution in [-0.2, 0) is 14.6 Å². The van der Waals surface area contributed by atoms with Crippen LogP contribution in [0.25, 0.3) is 0 Å². The van der Waals surface area contributed by atoms with Gasteiger partial charge in [0.05, 0.1) is 11.5 Å². The zero-order chi connectivity index (χ0) is 14.5. The number of hydrogen-bond donors (Lipinski definition) is 1. The van der Waals surface area contributed by atoms with Crippen molar-refractivity contribution < 1.29 is 13.2 Å². The van der Waals surface area contributed by atoms with Gasteiger partial charge in [0.1, 0.15) is 9.84 Å². The Kier molecular flexibility index (Phi) is 5.83. The summed E-state index contributed by atoms with van der Waals surface area (Å²) in [6, 6.07) is 0. The monoisotopic (exact) mass is 289 g/mol. The third kappa shape index (κ3) is 5.51. The Morgan fingerprint density at radius 3 is 2.37 bits per heavy atom. The van der Waals surface area contributed by atoms with Gasteiger partial charge in [-0.3, -0.25) is 4.79 Å². The molecule has 0 saturated carbocycles. The van der Waals surface area contributed by atoms with Crippen molar-refractivity contribution >= 4 is 15.7 Å². The molecule has 1 saturated heterocycles. The average Bonchev–Trinajstić information content (AvgIpc) is 2.34. The second kappa shape index (κ2) is 6.73. The Morgan fingerprint density at radius 2 is 1.84 bits per heavy atom. The van der Waals surface area contributed by atoms with E-state index in [9.17, 15) is 13.2 Å². The molecule has 1 rings (SSSR count). The summed E-state index contributed by atoms with van der Waals surface area (Å²) in [5, 5.41) is 3.00. The molecule has 1 heterocycles. The summed E-state index contributed by atoms with van der Waals surface area (Å²) in [7, 11) is -2.81. The van der Waals surface area contributed by atoms with Crippen LogP contribution in [0.4, 0.5) is 0 Å². The van der Waals surface area contributed by atoms with Gasteiger partial charge in [-0.25, -0.2) is 8.42 Å². The molecule has 0 aromatic heterocycles. The van der Waals surface area contributed by atoms with E-state index >= 15 is 0 Å². The quantitative estimate of drug-likeness (QED) is 0.815. The molecular weight excluding hydrogens is 262 g/mol. The van der Waals surface area contributed by atoms with Gasteiger partial charge in [0, 0.05) is 12.0 Å². The third-order valence-electron chi connectivity index (χ3n) is 4.00. The minimum atomic E-state index is -2.81. The van der Waals surface area contributed by atoms with Gasteiger partial charge in [-0.15, -0.1) is 0 Å². The molecule has 5 heteroatoms. The molecule has 1 N–H and O–H groups in total. The Balaban J connectivity index is 2.34. The van der Waals surface area contributed by atoms with Gasteiger partial charge >= 0.3 is 0 Å². The Labute approximate surface area is 117 Å². The van der Waals surface area contributed by atoms with Crippen LogP contribution in [0.5, 0.6) is 0 Å². The minimum absolute atomic E-state index is 0.0920. The van der Waals surface area contributed by atoms with E-state index in [1.54, 1.807) is 0 Å². The maximum Gasteiger partial charge on any atom is 0.225 e. The number of nitrogens with one attached hydrogen (secondary N) is 1. The van der Waals surface area contributed by atoms with Crippen molar-refractivity contribution in [1.82, 2.24) is 5.32 Å². The van der Waals surface area contributed by atoms with Crippen LogP contribution >= 0.6 is 0 Å². The number of rotatable bonds is 6. The van der Waals surface area contributed by atoms with Gasteiger partial charge in [0.25, 0.3) is 0 Å². The molecule has 0 aliphatic carbocycles. The SMILES string of the molecule is CCCCC(C)(C)C(=O)NCC1CCS(=O)(=O)CC1. The van der Waals surface area contributed by atoms with Crippen molar-refractivity contribution in [2.75, 3.05) is 18.1 Å². The third-order valence-corrected chi connectivity index (χ3v) is 5.71. The van der Waals surface area contributed by atoms with Crippen molar-refractivity contribution in [3.05, 3.63) is 0 Å². The number of sulfone groups is 1. The first-order valence-electron chi connectivity index (χ1n) is 7.25. The number of amides is 1. The summed E-state index contributed by atoms with van der Waals surface area (Å²) in [4.78, 5) is 12.1. The highest BCUT2D eigenvalue weighted by atomic mass is 32.2. The van der Waals surface area contributed by atoms with E-state index in [0.717, 1.165) is 19.3 Å².